The van der Waals surface area contributed by atoms with Crippen LogP contribution in [-0.2, 0) is 16.0 Å². The summed E-state index contributed by atoms with van der Waals surface area (Å²) < 4.78 is 5.29. The molecule has 0 N–H and O–H groups in total. The quantitative estimate of drug-likeness (QED) is 0.763. The predicted octanol–water partition coefficient (Wildman–Crippen LogP) is 1.05. The maximum absolute atomic E-state index is 11.0. The van der Waals surface area contributed by atoms with Crippen LogP contribution in [0.25, 0.3) is 0 Å². The van der Waals surface area contributed by atoms with E-state index in [1.165, 1.54) is 0 Å². The molecule has 0 atom stereocenters. The van der Waals surface area contributed by atoms with E-state index in [2.05, 4.69) is 9.88 Å². The first-order valence-corrected chi connectivity index (χ1v) is 5.54. The van der Waals surface area contributed by atoms with Crippen LogP contribution in [0.2, 0.25) is 0 Å². The summed E-state index contributed by atoms with van der Waals surface area (Å²) in [6.45, 7) is 4.83. The van der Waals surface area contributed by atoms with Gasteiger partial charge in [0.25, 0.3) is 0 Å². The lowest BCUT2D eigenvalue weighted by Gasteiger charge is -2.28. The number of aromatic nitrogens is 1. The number of hydrogen-bond acceptors (Lipinski definition) is 4. The van der Waals surface area contributed by atoms with Crippen LogP contribution >= 0.6 is 0 Å². The van der Waals surface area contributed by atoms with Crippen molar-refractivity contribution in [2.45, 2.75) is 13.3 Å². The number of carbonyl (C=O) groups excluding carboxylic acids is 1. The van der Waals surface area contributed by atoms with E-state index in [1.54, 1.807) is 6.92 Å². The number of ketones is 1. The normalized spacial score (nSPS) is 16.2. The number of nitrogens with zero attached hydrogens (tertiary/aromatic N) is 2. The van der Waals surface area contributed by atoms with E-state index in [0.29, 0.717) is 6.42 Å². The Labute approximate surface area is 95.2 Å². The Balaban J connectivity index is 2.11. The highest BCUT2D eigenvalue weighted by Gasteiger charge is 2.12. The zero-order chi connectivity index (χ0) is 11.4. The molecule has 0 aliphatic carbocycles. The topological polar surface area (TPSA) is 42.4 Å². The molecule has 0 bridgehead atoms. The predicted molar refractivity (Wildman–Crippen MR) is 61.7 cm³/mol. The minimum absolute atomic E-state index is 0.145. The summed E-state index contributed by atoms with van der Waals surface area (Å²) in [5.74, 6) is 1.09. The Morgan fingerprint density at radius 2 is 2.19 bits per heavy atom. The molecule has 1 aliphatic heterocycles. The molecule has 0 unspecified atom stereocenters. The Morgan fingerprint density at radius 3 is 2.88 bits per heavy atom. The molecule has 1 saturated heterocycles. The first-order chi connectivity index (χ1) is 7.75. The van der Waals surface area contributed by atoms with Crippen LogP contribution in [0.15, 0.2) is 18.2 Å². The van der Waals surface area contributed by atoms with E-state index in [0.717, 1.165) is 37.8 Å². The van der Waals surface area contributed by atoms with Gasteiger partial charge in [-0.3, -0.25) is 4.79 Å². The second kappa shape index (κ2) is 5.07. The Morgan fingerprint density at radius 1 is 1.44 bits per heavy atom. The third-order valence-electron chi connectivity index (χ3n) is 2.56. The van der Waals surface area contributed by atoms with Gasteiger partial charge in [-0.1, -0.05) is 6.07 Å². The molecule has 0 spiro atoms. The number of ether oxygens (including phenoxy) is 1. The molecule has 4 heteroatoms. The van der Waals surface area contributed by atoms with Crippen LogP contribution < -0.4 is 4.90 Å². The van der Waals surface area contributed by atoms with E-state index in [1.807, 2.05) is 18.2 Å². The first-order valence-electron chi connectivity index (χ1n) is 5.54. The zero-order valence-electron chi connectivity index (χ0n) is 9.48. The maximum Gasteiger partial charge on any atom is 0.135 e. The molecular formula is C12H16N2O2. The Hall–Kier alpha value is -1.42. The summed E-state index contributed by atoms with van der Waals surface area (Å²) in [6, 6.07) is 5.83. The largest absolute Gasteiger partial charge is 0.378 e. The maximum atomic E-state index is 11.0. The molecule has 0 amide bonds. The van der Waals surface area contributed by atoms with Gasteiger partial charge in [0.15, 0.2) is 0 Å². The van der Waals surface area contributed by atoms with Crippen molar-refractivity contribution in [3.63, 3.8) is 0 Å². The third kappa shape index (κ3) is 2.79. The highest BCUT2D eigenvalue weighted by molar-refractivity contribution is 5.77. The van der Waals surface area contributed by atoms with E-state index in [-0.39, 0.29) is 5.78 Å². The van der Waals surface area contributed by atoms with E-state index >= 15 is 0 Å². The van der Waals surface area contributed by atoms with Crippen molar-refractivity contribution in [3.8, 4) is 0 Å². The minimum Gasteiger partial charge on any atom is -0.378 e. The van der Waals surface area contributed by atoms with Gasteiger partial charge in [-0.25, -0.2) is 4.98 Å². The molecule has 0 saturated carbocycles. The van der Waals surface area contributed by atoms with Gasteiger partial charge in [0, 0.05) is 19.5 Å². The average Bonchev–Trinajstić information content (AvgIpc) is 2.30. The number of pyridine rings is 1. The number of Topliss-reactive ketones (excluding diaryl/α,β-unsaturated/α-hetero) is 1. The van der Waals surface area contributed by atoms with Crippen molar-refractivity contribution in [2.75, 3.05) is 31.2 Å². The molecule has 4 nitrogen and oxygen atoms in total. The summed E-state index contributed by atoms with van der Waals surface area (Å²) in [5.41, 5.74) is 0.844. The van der Waals surface area contributed by atoms with Gasteiger partial charge in [0.05, 0.1) is 18.9 Å². The van der Waals surface area contributed by atoms with Crippen molar-refractivity contribution in [1.82, 2.24) is 4.98 Å². The Kier molecular flexibility index (Phi) is 3.51. The zero-order valence-corrected chi connectivity index (χ0v) is 9.48. The standard InChI is InChI=1S/C12H16N2O2/c1-10(15)9-11-3-2-4-12(13-11)14-5-7-16-8-6-14/h2-4H,5-9H2,1H3. The number of carbonyl (C=O) groups is 1. The molecular weight excluding hydrogens is 204 g/mol. The smallest absolute Gasteiger partial charge is 0.135 e. The second-order valence-corrected chi connectivity index (χ2v) is 3.97. The van der Waals surface area contributed by atoms with E-state index < -0.39 is 0 Å². The number of hydrogen-bond donors (Lipinski definition) is 0. The Bertz CT molecular complexity index is 373. The monoisotopic (exact) mass is 220 g/mol. The summed E-state index contributed by atoms with van der Waals surface area (Å²) in [4.78, 5) is 17.7. The SMILES string of the molecule is CC(=O)Cc1cccc(N2CCOCC2)n1. The third-order valence-corrected chi connectivity index (χ3v) is 2.56. The van der Waals surface area contributed by atoms with Crippen molar-refractivity contribution < 1.29 is 9.53 Å². The highest BCUT2D eigenvalue weighted by atomic mass is 16.5. The lowest BCUT2D eigenvalue weighted by Crippen LogP contribution is -2.36. The lowest BCUT2D eigenvalue weighted by molar-refractivity contribution is -0.116. The van der Waals surface area contributed by atoms with Gasteiger partial charge in [-0.2, -0.15) is 0 Å². The number of rotatable bonds is 3. The number of anilines is 1. The van der Waals surface area contributed by atoms with Crippen molar-refractivity contribution in [1.29, 1.82) is 0 Å². The van der Waals surface area contributed by atoms with Crippen LogP contribution in [0.1, 0.15) is 12.6 Å². The van der Waals surface area contributed by atoms with Crippen molar-refractivity contribution in [2.24, 2.45) is 0 Å². The van der Waals surface area contributed by atoms with Crippen LogP contribution in [0.5, 0.6) is 0 Å². The summed E-state index contributed by atoms with van der Waals surface area (Å²) in [5, 5.41) is 0. The fraction of sp³-hybridized carbons (Fsp3) is 0.500. The fourth-order valence-electron chi connectivity index (χ4n) is 1.79. The molecule has 2 heterocycles. The second-order valence-electron chi connectivity index (χ2n) is 3.97. The molecule has 1 fully saturated rings. The molecule has 1 aromatic rings. The average molecular weight is 220 g/mol. The first kappa shape index (κ1) is 11.1. The van der Waals surface area contributed by atoms with Crippen LogP contribution in [0.3, 0.4) is 0 Å². The van der Waals surface area contributed by atoms with E-state index in [9.17, 15) is 4.79 Å². The molecule has 0 aromatic carbocycles. The van der Waals surface area contributed by atoms with Crippen LogP contribution in [0, 0.1) is 0 Å². The van der Waals surface area contributed by atoms with Crippen molar-refractivity contribution in [3.05, 3.63) is 23.9 Å². The number of morpholine rings is 1. The molecule has 2 rings (SSSR count). The molecule has 1 aliphatic rings. The molecule has 86 valence electrons. The fourth-order valence-corrected chi connectivity index (χ4v) is 1.79. The van der Waals surface area contributed by atoms with Gasteiger partial charge >= 0.3 is 0 Å². The minimum atomic E-state index is 0.145. The highest BCUT2D eigenvalue weighted by Crippen LogP contribution is 2.13. The van der Waals surface area contributed by atoms with Crippen LogP contribution in [0.4, 0.5) is 5.82 Å². The van der Waals surface area contributed by atoms with Gasteiger partial charge < -0.3 is 9.64 Å². The van der Waals surface area contributed by atoms with Crippen molar-refractivity contribution >= 4 is 11.6 Å². The van der Waals surface area contributed by atoms with Gasteiger partial charge in [0.1, 0.15) is 11.6 Å². The lowest BCUT2D eigenvalue weighted by atomic mass is 10.2. The van der Waals surface area contributed by atoms with E-state index in [4.69, 9.17) is 4.74 Å². The molecule has 0 radical (unpaired) electrons. The summed E-state index contributed by atoms with van der Waals surface area (Å²) >= 11 is 0. The van der Waals surface area contributed by atoms with Gasteiger partial charge in [-0.15, -0.1) is 0 Å². The summed E-state index contributed by atoms with van der Waals surface area (Å²) in [6.07, 6.45) is 0.415. The molecule has 16 heavy (non-hydrogen) atoms. The molecule has 1 aromatic heterocycles. The summed E-state index contributed by atoms with van der Waals surface area (Å²) in [7, 11) is 0. The van der Waals surface area contributed by atoms with Gasteiger partial charge in [-0.05, 0) is 19.1 Å². The van der Waals surface area contributed by atoms with Gasteiger partial charge in [0.2, 0.25) is 0 Å². The van der Waals surface area contributed by atoms with Crippen LogP contribution in [-0.4, -0.2) is 37.1 Å².